The van der Waals surface area contributed by atoms with Gasteiger partial charge >= 0.3 is 0 Å². The molecule has 0 saturated heterocycles. The molecule has 3 rings (SSSR count). The highest BCUT2D eigenvalue weighted by Gasteiger charge is 2.55. The highest BCUT2D eigenvalue weighted by Crippen LogP contribution is 2.62. The molecular weight excluding hydrogens is 256 g/mol. The third kappa shape index (κ3) is 2.23. The van der Waals surface area contributed by atoms with E-state index in [2.05, 4.69) is 39.5 Å². The Morgan fingerprint density at radius 2 is 1.95 bits per heavy atom. The van der Waals surface area contributed by atoms with Gasteiger partial charge in [0.1, 0.15) is 0 Å². The Kier molecular flexibility index (Phi) is 3.64. The van der Waals surface area contributed by atoms with Crippen molar-refractivity contribution in [1.29, 1.82) is 0 Å². The molecule has 0 aromatic rings. The zero-order valence-electron chi connectivity index (χ0n) is 14.4. The van der Waals surface area contributed by atoms with Crippen molar-refractivity contribution in [2.45, 2.75) is 71.3 Å². The number of fused-ring (bicyclic) bond motifs is 3. The summed E-state index contributed by atoms with van der Waals surface area (Å²) >= 11 is 0. The van der Waals surface area contributed by atoms with Crippen LogP contribution in [-0.2, 0) is 4.74 Å². The lowest BCUT2D eigenvalue weighted by atomic mass is 9.48. The van der Waals surface area contributed by atoms with Crippen LogP contribution in [0.2, 0.25) is 0 Å². The molecule has 5 unspecified atom stereocenters. The molecule has 21 heavy (non-hydrogen) atoms. The van der Waals surface area contributed by atoms with Crippen molar-refractivity contribution in [3.05, 3.63) is 24.3 Å². The Bertz CT molecular complexity index is 464. The van der Waals surface area contributed by atoms with Crippen molar-refractivity contribution in [2.24, 2.45) is 22.7 Å². The quantitative estimate of drug-likeness (QED) is 0.608. The van der Waals surface area contributed by atoms with Crippen LogP contribution < -0.4 is 0 Å². The van der Waals surface area contributed by atoms with Crippen LogP contribution >= 0.6 is 0 Å². The third-order valence-corrected chi connectivity index (χ3v) is 7.31. The van der Waals surface area contributed by atoms with E-state index in [0.717, 1.165) is 11.8 Å². The number of hydrogen-bond acceptors (Lipinski definition) is 1. The smallest absolute Gasteiger partial charge is 0.0684 e. The fraction of sp³-hybridized carbons (Fsp3) is 0.800. The normalized spacial score (nSPS) is 49.8. The summed E-state index contributed by atoms with van der Waals surface area (Å²) in [6.45, 7) is 11.3. The molecular formula is C20H32O. The van der Waals surface area contributed by atoms with Gasteiger partial charge < -0.3 is 4.74 Å². The summed E-state index contributed by atoms with van der Waals surface area (Å²) in [7, 11) is 1.92. The SMILES string of the molecule is C=CC1(C)C=C2CCC3C(C)(OC)CCCC3(C)C2CC1. The highest BCUT2D eigenvalue weighted by atomic mass is 16.5. The molecule has 2 fully saturated rings. The summed E-state index contributed by atoms with van der Waals surface area (Å²) in [5.74, 6) is 1.50. The van der Waals surface area contributed by atoms with Gasteiger partial charge in [0.05, 0.1) is 5.60 Å². The van der Waals surface area contributed by atoms with Crippen LogP contribution in [0.25, 0.3) is 0 Å². The molecule has 118 valence electrons. The second kappa shape index (κ2) is 4.98. The molecule has 0 aromatic carbocycles. The second-order valence-electron chi connectivity index (χ2n) is 8.49. The van der Waals surface area contributed by atoms with Gasteiger partial charge in [0.15, 0.2) is 0 Å². The van der Waals surface area contributed by atoms with E-state index in [1.165, 1.54) is 44.9 Å². The maximum absolute atomic E-state index is 6.02. The van der Waals surface area contributed by atoms with E-state index in [1.54, 1.807) is 5.57 Å². The Hall–Kier alpha value is -0.560. The van der Waals surface area contributed by atoms with Gasteiger partial charge in [-0.25, -0.2) is 0 Å². The van der Waals surface area contributed by atoms with Gasteiger partial charge in [-0.05, 0) is 62.7 Å². The van der Waals surface area contributed by atoms with E-state index >= 15 is 0 Å². The van der Waals surface area contributed by atoms with E-state index in [1.807, 2.05) is 7.11 Å². The number of methoxy groups -OCH3 is 1. The fourth-order valence-corrected chi connectivity index (χ4v) is 5.87. The summed E-state index contributed by atoms with van der Waals surface area (Å²) in [6, 6.07) is 0. The minimum absolute atomic E-state index is 0.0950. The van der Waals surface area contributed by atoms with Gasteiger partial charge in [0.25, 0.3) is 0 Å². The zero-order valence-corrected chi connectivity index (χ0v) is 14.4. The summed E-state index contributed by atoms with van der Waals surface area (Å²) in [5, 5.41) is 0. The minimum Gasteiger partial charge on any atom is -0.378 e. The number of allylic oxidation sites excluding steroid dienone is 3. The van der Waals surface area contributed by atoms with Gasteiger partial charge in [-0.15, -0.1) is 6.58 Å². The molecule has 0 radical (unpaired) electrons. The van der Waals surface area contributed by atoms with Gasteiger partial charge in [-0.2, -0.15) is 0 Å². The monoisotopic (exact) mass is 288 g/mol. The lowest BCUT2D eigenvalue weighted by Crippen LogP contribution is -2.55. The van der Waals surface area contributed by atoms with Gasteiger partial charge in [0.2, 0.25) is 0 Å². The molecule has 0 spiro atoms. The maximum atomic E-state index is 6.02. The Morgan fingerprint density at radius 3 is 2.62 bits per heavy atom. The summed E-state index contributed by atoms with van der Waals surface area (Å²) in [5.41, 5.74) is 2.49. The van der Waals surface area contributed by atoms with E-state index in [0.29, 0.717) is 5.41 Å². The standard InChI is InChI=1S/C20H32O/c1-6-18(2)13-10-16-15(14-18)8-9-17-19(16,3)11-7-12-20(17,4)21-5/h6,14,16-17H,1,7-13H2,2-5H3. The number of rotatable bonds is 2. The number of hydrogen-bond donors (Lipinski definition) is 0. The lowest BCUT2D eigenvalue weighted by Gasteiger charge is -2.59. The maximum Gasteiger partial charge on any atom is 0.0684 e. The van der Waals surface area contributed by atoms with Crippen LogP contribution in [0.5, 0.6) is 0 Å². The van der Waals surface area contributed by atoms with Crippen LogP contribution in [0.15, 0.2) is 24.3 Å². The predicted molar refractivity (Wildman–Crippen MR) is 89.2 cm³/mol. The van der Waals surface area contributed by atoms with Crippen LogP contribution in [0, 0.1) is 22.7 Å². The van der Waals surface area contributed by atoms with E-state index in [9.17, 15) is 0 Å². The highest BCUT2D eigenvalue weighted by molar-refractivity contribution is 5.26. The molecule has 0 bridgehead atoms. The summed E-state index contributed by atoms with van der Waals surface area (Å²) in [4.78, 5) is 0. The lowest BCUT2D eigenvalue weighted by molar-refractivity contribution is -0.146. The van der Waals surface area contributed by atoms with Crippen molar-refractivity contribution >= 4 is 0 Å². The molecule has 1 nitrogen and oxygen atoms in total. The molecule has 0 N–H and O–H groups in total. The first-order valence-electron chi connectivity index (χ1n) is 8.77. The average Bonchev–Trinajstić information content (AvgIpc) is 2.46. The summed E-state index contributed by atoms with van der Waals surface area (Å²) in [6.07, 6.45) is 13.8. The van der Waals surface area contributed by atoms with E-state index < -0.39 is 0 Å². The Balaban J connectivity index is 1.96. The second-order valence-corrected chi connectivity index (χ2v) is 8.49. The first-order valence-corrected chi connectivity index (χ1v) is 8.77. The molecule has 3 aliphatic rings. The molecule has 2 saturated carbocycles. The molecule has 3 aliphatic carbocycles. The van der Waals surface area contributed by atoms with Crippen molar-refractivity contribution < 1.29 is 4.74 Å². The molecule has 5 atom stereocenters. The van der Waals surface area contributed by atoms with Gasteiger partial charge in [-0.3, -0.25) is 0 Å². The van der Waals surface area contributed by atoms with Gasteiger partial charge in [0, 0.05) is 12.5 Å². The fourth-order valence-electron chi connectivity index (χ4n) is 5.87. The minimum atomic E-state index is 0.0950. The first-order chi connectivity index (χ1) is 9.87. The Labute approximate surface area is 130 Å². The molecule has 0 aromatic heterocycles. The molecule has 0 amide bonds. The van der Waals surface area contributed by atoms with Crippen LogP contribution in [0.4, 0.5) is 0 Å². The van der Waals surface area contributed by atoms with Crippen molar-refractivity contribution in [3.63, 3.8) is 0 Å². The molecule has 1 heteroatoms. The van der Waals surface area contributed by atoms with Crippen molar-refractivity contribution in [2.75, 3.05) is 7.11 Å². The van der Waals surface area contributed by atoms with Crippen LogP contribution in [0.3, 0.4) is 0 Å². The first kappa shape index (κ1) is 15.3. The van der Waals surface area contributed by atoms with Crippen LogP contribution in [-0.4, -0.2) is 12.7 Å². The van der Waals surface area contributed by atoms with E-state index in [4.69, 9.17) is 4.74 Å². The molecule has 0 heterocycles. The largest absolute Gasteiger partial charge is 0.378 e. The summed E-state index contributed by atoms with van der Waals surface area (Å²) < 4.78 is 6.02. The zero-order chi connectivity index (χ0) is 15.3. The topological polar surface area (TPSA) is 9.23 Å². The number of ether oxygens (including phenoxy) is 1. The Morgan fingerprint density at radius 1 is 1.19 bits per heavy atom. The van der Waals surface area contributed by atoms with Crippen molar-refractivity contribution in [1.82, 2.24) is 0 Å². The molecule has 0 aliphatic heterocycles. The van der Waals surface area contributed by atoms with Gasteiger partial charge in [-0.1, -0.05) is 38.0 Å². The van der Waals surface area contributed by atoms with E-state index in [-0.39, 0.29) is 11.0 Å². The van der Waals surface area contributed by atoms with Crippen LogP contribution in [0.1, 0.15) is 65.7 Å². The average molecular weight is 288 g/mol. The third-order valence-electron chi connectivity index (χ3n) is 7.31. The predicted octanol–water partition coefficient (Wildman–Crippen LogP) is 5.52. The van der Waals surface area contributed by atoms with Crippen molar-refractivity contribution in [3.8, 4) is 0 Å².